The van der Waals surface area contributed by atoms with Gasteiger partial charge in [0.05, 0.1) is 16.1 Å². The van der Waals surface area contributed by atoms with E-state index in [1.807, 2.05) is 12.1 Å². The van der Waals surface area contributed by atoms with Crippen LogP contribution in [0.4, 0.5) is 0 Å². The molecule has 3 rings (SSSR count). The first-order valence-corrected chi connectivity index (χ1v) is 8.34. The Morgan fingerprint density at radius 1 is 1.33 bits per heavy atom. The van der Waals surface area contributed by atoms with Crippen LogP contribution in [0.2, 0.25) is 5.02 Å². The fraction of sp³-hybridized carbons (Fsp3) is 0.588. The molecule has 0 bridgehead atoms. The number of halogens is 1. The zero-order valence-electron chi connectivity index (χ0n) is 13.1. The van der Waals surface area contributed by atoms with Crippen molar-refractivity contribution in [2.24, 2.45) is 0 Å². The smallest absolute Gasteiger partial charge is 0.116 e. The van der Waals surface area contributed by atoms with Crippen molar-refractivity contribution in [2.45, 2.75) is 51.5 Å². The van der Waals surface area contributed by atoms with Crippen LogP contribution in [0, 0.1) is 0 Å². The number of rotatable bonds is 3. The minimum Gasteiger partial charge on any atom is -0.324 e. The van der Waals surface area contributed by atoms with Gasteiger partial charge in [0.2, 0.25) is 0 Å². The van der Waals surface area contributed by atoms with E-state index >= 15 is 0 Å². The van der Waals surface area contributed by atoms with E-state index in [0.29, 0.717) is 6.04 Å². The summed E-state index contributed by atoms with van der Waals surface area (Å²) in [5, 5.41) is 4.28. The number of hydrogen-bond acceptors (Lipinski definition) is 2. The lowest BCUT2D eigenvalue weighted by Gasteiger charge is -2.37. The zero-order chi connectivity index (χ0) is 15.0. The first kappa shape index (κ1) is 14.9. The number of benzene rings is 1. The van der Waals surface area contributed by atoms with Gasteiger partial charge in [0.15, 0.2) is 0 Å². The molecule has 0 atom stereocenters. The second kappa shape index (κ2) is 5.62. The standard InChI is InChI=1S/C17H24ClN3/c1-4-17(8-10-19-11-9-17)16-20-14-7-5-6-13(18)15(14)21(16)12(2)3/h5-7,12,19H,4,8-11H2,1-3H3. The van der Waals surface area contributed by atoms with Crippen molar-refractivity contribution in [3.05, 3.63) is 29.0 Å². The Balaban J connectivity index is 2.26. The Morgan fingerprint density at radius 3 is 2.67 bits per heavy atom. The Bertz CT molecular complexity index is 639. The summed E-state index contributed by atoms with van der Waals surface area (Å²) in [6.07, 6.45) is 3.43. The SMILES string of the molecule is CCC1(c2nc3cccc(Cl)c3n2C(C)C)CCNCC1. The van der Waals surface area contributed by atoms with Crippen molar-refractivity contribution in [1.29, 1.82) is 0 Å². The van der Waals surface area contributed by atoms with Gasteiger partial charge in [0, 0.05) is 11.5 Å². The molecule has 3 nitrogen and oxygen atoms in total. The Kier molecular flexibility index (Phi) is 3.98. The normalized spacial score (nSPS) is 18.5. The van der Waals surface area contributed by atoms with Crippen LogP contribution in [0.15, 0.2) is 18.2 Å². The number of nitrogens with one attached hydrogen (secondary N) is 1. The highest BCUT2D eigenvalue weighted by atomic mass is 35.5. The van der Waals surface area contributed by atoms with Crippen molar-refractivity contribution < 1.29 is 0 Å². The molecule has 0 radical (unpaired) electrons. The molecule has 1 aromatic carbocycles. The van der Waals surface area contributed by atoms with E-state index < -0.39 is 0 Å². The summed E-state index contributed by atoms with van der Waals surface area (Å²) < 4.78 is 2.37. The highest BCUT2D eigenvalue weighted by Crippen LogP contribution is 2.40. The number of piperidine rings is 1. The van der Waals surface area contributed by atoms with E-state index in [1.54, 1.807) is 0 Å². The van der Waals surface area contributed by atoms with Crippen molar-refractivity contribution in [3.8, 4) is 0 Å². The number of para-hydroxylation sites is 1. The van der Waals surface area contributed by atoms with E-state index in [-0.39, 0.29) is 5.41 Å². The van der Waals surface area contributed by atoms with Crippen molar-refractivity contribution in [3.63, 3.8) is 0 Å². The highest BCUT2D eigenvalue weighted by Gasteiger charge is 2.37. The molecule has 114 valence electrons. The maximum atomic E-state index is 6.47. The van der Waals surface area contributed by atoms with Crippen molar-refractivity contribution >= 4 is 22.6 Å². The third-order valence-corrected chi connectivity index (χ3v) is 5.19. The maximum Gasteiger partial charge on any atom is 0.116 e. The summed E-state index contributed by atoms with van der Waals surface area (Å²) in [7, 11) is 0. The second-order valence-electron chi connectivity index (χ2n) is 6.39. The lowest BCUT2D eigenvalue weighted by molar-refractivity contribution is 0.271. The van der Waals surface area contributed by atoms with Crippen LogP contribution >= 0.6 is 11.6 Å². The van der Waals surface area contributed by atoms with Crippen molar-refractivity contribution in [2.75, 3.05) is 13.1 Å². The van der Waals surface area contributed by atoms with Crippen LogP contribution in [-0.4, -0.2) is 22.6 Å². The first-order valence-electron chi connectivity index (χ1n) is 7.97. The number of fused-ring (bicyclic) bond motifs is 1. The molecule has 2 heterocycles. The molecule has 1 saturated heterocycles. The molecule has 0 unspecified atom stereocenters. The molecule has 1 fully saturated rings. The summed E-state index contributed by atoms with van der Waals surface area (Å²) in [5.41, 5.74) is 2.30. The minimum absolute atomic E-state index is 0.178. The summed E-state index contributed by atoms with van der Waals surface area (Å²) in [6.45, 7) is 8.87. The third-order valence-electron chi connectivity index (χ3n) is 4.89. The van der Waals surface area contributed by atoms with Gasteiger partial charge in [0.25, 0.3) is 0 Å². The topological polar surface area (TPSA) is 29.9 Å². The number of nitrogens with zero attached hydrogens (tertiary/aromatic N) is 2. The summed E-state index contributed by atoms with van der Waals surface area (Å²) in [6, 6.07) is 6.40. The van der Waals surface area contributed by atoms with Crippen LogP contribution in [0.1, 0.15) is 51.9 Å². The molecule has 0 spiro atoms. The van der Waals surface area contributed by atoms with Crippen LogP contribution in [0.3, 0.4) is 0 Å². The van der Waals surface area contributed by atoms with Gasteiger partial charge < -0.3 is 9.88 Å². The average Bonchev–Trinajstić information content (AvgIpc) is 2.89. The van der Waals surface area contributed by atoms with E-state index in [9.17, 15) is 0 Å². The molecule has 21 heavy (non-hydrogen) atoms. The van der Waals surface area contributed by atoms with Crippen LogP contribution in [0.5, 0.6) is 0 Å². The molecule has 4 heteroatoms. The largest absolute Gasteiger partial charge is 0.324 e. The van der Waals surface area contributed by atoms with Crippen LogP contribution < -0.4 is 5.32 Å². The van der Waals surface area contributed by atoms with E-state index in [4.69, 9.17) is 16.6 Å². The van der Waals surface area contributed by atoms with Gasteiger partial charge in [-0.1, -0.05) is 24.6 Å². The highest BCUT2D eigenvalue weighted by molar-refractivity contribution is 6.35. The van der Waals surface area contributed by atoms with Gasteiger partial charge in [0.1, 0.15) is 5.82 Å². The minimum atomic E-state index is 0.178. The second-order valence-corrected chi connectivity index (χ2v) is 6.80. The fourth-order valence-corrected chi connectivity index (χ4v) is 3.88. The van der Waals surface area contributed by atoms with Crippen LogP contribution in [0.25, 0.3) is 11.0 Å². The van der Waals surface area contributed by atoms with Crippen molar-refractivity contribution in [1.82, 2.24) is 14.9 Å². The van der Waals surface area contributed by atoms with Crippen LogP contribution in [-0.2, 0) is 5.41 Å². The Hall–Kier alpha value is -1.06. The van der Waals surface area contributed by atoms with Gasteiger partial charge in [-0.25, -0.2) is 4.98 Å². The number of hydrogen-bond donors (Lipinski definition) is 1. The van der Waals surface area contributed by atoms with E-state index in [0.717, 1.165) is 48.4 Å². The van der Waals surface area contributed by atoms with Gasteiger partial charge in [-0.3, -0.25) is 0 Å². The quantitative estimate of drug-likeness (QED) is 0.916. The molecule has 1 aliphatic rings. The molecule has 1 N–H and O–H groups in total. The number of imidazole rings is 1. The molecule has 0 saturated carbocycles. The molecular formula is C17H24ClN3. The Morgan fingerprint density at radius 2 is 2.05 bits per heavy atom. The van der Waals surface area contributed by atoms with Gasteiger partial charge in [-0.05, 0) is 58.3 Å². The van der Waals surface area contributed by atoms with E-state index in [1.165, 1.54) is 5.82 Å². The number of aromatic nitrogens is 2. The maximum absolute atomic E-state index is 6.47. The average molecular weight is 306 g/mol. The molecule has 1 aromatic heterocycles. The lowest BCUT2D eigenvalue weighted by Crippen LogP contribution is -2.41. The summed E-state index contributed by atoms with van der Waals surface area (Å²) in [5.74, 6) is 1.23. The first-order chi connectivity index (χ1) is 10.1. The predicted molar refractivity (Wildman–Crippen MR) is 89.2 cm³/mol. The van der Waals surface area contributed by atoms with E-state index in [2.05, 4.69) is 36.7 Å². The van der Waals surface area contributed by atoms with Gasteiger partial charge >= 0.3 is 0 Å². The third kappa shape index (κ3) is 2.36. The summed E-state index contributed by atoms with van der Waals surface area (Å²) >= 11 is 6.47. The predicted octanol–water partition coefficient (Wildman–Crippen LogP) is 4.30. The molecule has 1 aliphatic heterocycles. The monoisotopic (exact) mass is 305 g/mol. The van der Waals surface area contributed by atoms with Gasteiger partial charge in [-0.15, -0.1) is 0 Å². The molecule has 0 amide bonds. The molecular weight excluding hydrogens is 282 g/mol. The Labute approximate surface area is 131 Å². The fourth-order valence-electron chi connectivity index (χ4n) is 3.62. The lowest BCUT2D eigenvalue weighted by atomic mass is 9.75. The molecule has 2 aromatic rings. The molecule has 0 aliphatic carbocycles. The summed E-state index contributed by atoms with van der Waals surface area (Å²) in [4.78, 5) is 5.01. The van der Waals surface area contributed by atoms with Gasteiger partial charge in [-0.2, -0.15) is 0 Å². The zero-order valence-corrected chi connectivity index (χ0v) is 13.9.